The van der Waals surface area contributed by atoms with E-state index in [1.807, 2.05) is 30.3 Å². The van der Waals surface area contributed by atoms with Crippen LogP contribution in [0.5, 0.6) is 5.75 Å². The molecule has 2 aliphatic rings. The molecule has 2 aromatic carbocycles. The summed E-state index contributed by atoms with van der Waals surface area (Å²) in [7, 11) is 0. The highest BCUT2D eigenvalue weighted by Crippen LogP contribution is 2.62. The van der Waals surface area contributed by atoms with Gasteiger partial charge >= 0.3 is 0 Å². The fourth-order valence-electron chi connectivity index (χ4n) is 6.05. The van der Waals surface area contributed by atoms with Crippen molar-refractivity contribution in [1.29, 1.82) is 16.6 Å². The van der Waals surface area contributed by atoms with Crippen LogP contribution in [0.1, 0.15) is 44.1 Å². The normalized spacial score (nSPS) is 30.5. The zero-order valence-electron chi connectivity index (χ0n) is 19.8. The van der Waals surface area contributed by atoms with Gasteiger partial charge in [0.05, 0.1) is 23.5 Å². The van der Waals surface area contributed by atoms with E-state index in [9.17, 15) is 14.0 Å². The molecule has 9 nitrogen and oxygen atoms in total. The number of Topliss-reactive ketones (excluding diaryl/α,β-unsaturated/α-hetero) is 1. The SMILES string of the molecule is N=NC1CC(N=N)(c2ccccc2)C2(CCC(CC(C=O)COc3ccc(F)cc3)(N=N)CC2)C1=O. The molecule has 1 spiro atoms. The first kappa shape index (κ1) is 25.4. The summed E-state index contributed by atoms with van der Waals surface area (Å²) in [5.74, 6) is -0.685. The summed E-state index contributed by atoms with van der Waals surface area (Å²) in [5.41, 5.74) is 21.4. The number of nitrogens with zero attached hydrogens (tertiary/aromatic N) is 3. The first-order chi connectivity index (χ1) is 17.4. The molecule has 0 aromatic heterocycles. The molecular formula is C26H29FN6O3. The molecule has 2 aromatic rings. The molecule has 3 unspecified atom stereocenters. The number of carbonyl (C=O) groups is 2. The second-order valence-corrected chi connectivity index (χ2v) is 9.83. The van der Waals surface area contributed by atoms with Crippen LogP contribution in [0.3, 0.4) is 0 Å². The number of ether oxygens (including phenoxy) is 1. The van der Waals surface area contributed by atoms with E-state index in [2.05, 4.69) is 15.3 Å². The van der Waals surface area contributed by atoms with Crippen molar-refractivity contribution in [2.24, 2.45) is 26.7 Å². The van der Waals surface area contributed by atoms with Crippen molar-refractivity contribution in [2.45, 2.75) is 55.6 Å². The molecular weight excluding hydrogens is 463 g/mol. The Kier molecular flexibility index (Phi) is 7.14. The highest BCUT2D eigenvalue weighted by Gasteiger charge is 2.67. The lowest BCUT2D eigenvalue weighted by Crippen LogP contribution is -2.50. The molecule has 0 amide bonds. The first-order valence-corrected chi connectivity index (χ1v) is 11.9. The maximum atomic E-state index is 13.6. The van der Waals surface area contributed by atoms with Crippen molar-refractivity contribution in [3.05, 3.63) is 66.0 Å². The zero-order valence-corrected chi connectivity index (χ0v) is 19.8. The van der Waals surface area contributed by atoms with Gasteiger partial charge in [0.25, 0.3) is 0 Å². The van der Waals surface area contributed by atoms with E-state index in [1.165, 1.54) is 24.3 Å². The molecule has 0 saturated heterocycles. The van der Waals surface area contributed by atoms with E-state index < -0.39 is 28.5 Å². The highest BCUT2D eigenvalue weighted by atomic mass is 19.1. The van der Waals surface area contributed by atoms with E-state index in [4.69, 9.17) is 21.3 Å². The van der Waals surface area contributed by atoms with Gasteiger partial charge in [0.2, 0.25) is 0 Å². The molecule has 0 aliphatic heterocycles. The summed E-state index contributed by atoms with van der Waals surface area (Å²) in [4.78, 5) is 25.4. The van der Waals surface area contributed by atoms with Crippen LogP contribution in [0, 0.1) is 33.7 Å². The van der Waals surface area contributed by atoms with Crippen LogP contribution in [0.4, 0.5) is 4.39 Å². The van der Waals surface area contributed by atoms with Crippen LogP contribution < -0.4 is 4.74 Å². The Hall–Kier alpha value is -3.69. The molecule has 0 radical (unpaired) electrons. The Labute approximate surface area is 208 Å². The molecule has 2 aliphatic carbocycles. The Bertz CT molecular complexity index is 1130. The summed E-state index contributed by atoms with van der Waals surface area (Å²) in [6, 6.07) is 13.9. The van der Waals surface area contributed by atoms with Gasteiger partial charge in [0.15, 0.2) is 5.78 Å². The van der Waals surface area contributed by atoms with Crippen LogP contribution in [-0.4, -0.2) is 30.3 Å². The molecule has 188 valence electrons. The molecule has 4 rings (SSSR count). The molecule has 0 heterocycles. The average Bonchev–Trinajstić information content (AvgIpc) is 3.17. The number of hydrogen-bond donors (Lipinski definition) is 3. The molecule has 3 N–H and O–H groups in total. The van der Waals surface area contributed by atoms with E-state index in [0.717, 1.165) is 11.8 Å². The summed E-state index contributed by atoms with van der Waals surface area (Å²) >= 11 is 0. The van der Waals surface area contributed by atoms with Gasteiger partial charge < -0.3 is 9.53 Å². The number of aldehydes is 1. The minimum absolute atomic E-state index is 0.0618. The Morgan fingerprint density at radius 1 is 1.00 bits per heavy atom. The van der Waals surface area contributed by atoms with Gasteiger partial charge in [-0.1, -0.05) is 30.3 Å². The van der Waals surface area contributed by atoms with Gasteiger partial charge in [0.1, 0.15) is 29.4 Å². The first-order valence-electron chi connectivity index (χ1n) is 11.9. The van der Waals surface area contributed by atoms with E-state index in [1.54, 1.807) is 0 Å². The molecule has 3 atom stereocenters. The second-order valence-electron chi connectivity index (χ2n) is 9.83. The molecule has 36 heavy (non-hydrogen) atoms. The lowest BCUT2D eigenvalue weighted by atomic mass is 9.57. The van der Waals surface area contributed by atoms with Crippen LogP contribution in [0.25, 0.3) is 0 Å². The summed E-state index contributed by atoms with van der Waals surface area (Å²) in [6.07, 6.45) is 2.58. The Morgan fingerprint density at radius 2 is 1.67 bits per heavy atom. The number of rotatable bonds is 10. The fraction of sp³-hybridized carbons (Fsp3) is 0.462. The van der Waals surface area contributed by atoms with Crippen molar-refractivity contribution in [3.8, 4) is 5.75 Å². The van der Waals surface area contributed by atoms with E-state index in [-0.39, 0.29) is 31.0 Å². The predicted octanol–water partition coefficient (Wildman–Crippen LogP) is 6.04. The van der Waals surface area contributed by atoms with Crippen molar-refractivity contribution >= 4 is 12.1 Å². The third kappa shape index (κ3) is 4.25. The fourth-order valence-corrected chi connectivity index (χ4v) is 6.05. The monoisotopic (exact) mass is 492 g/mol. The lowest BCUT2D eigenvalue weighted by molar-refractivity contribution is -0.132. The molecule has 2 saturated carbocycles. The van der Waals surface area contributed by atoms with Crippen molar-refractivity contribution in [2.75, 3.05) is 6.61 Å². The lowest BCUT2D eigenvalue weighted by Gasteiger charge is -2.48. The predicted molar refractivity (Wildman–Crippen MR) is 127 cm³/mol. The smallest absolute Gasteiger partial charge is 0.168 e. The summed E-state index contributed by atoms with van der Waals surface area (Å²) < 4.78 is 18.8. The van der Waals surface area contributed by atoms with Gasteiger partial charge in [0, 0.05) is 6.42 Å². The quantitative estimate of drug-likeness (QED) is 0.274. The summed E-state index contributed by atoms with van der Waals surface area (Å²) in [6.45, 7) is 0.0618. The standard InChI is InChI=1S/C26H29FN6O3/c27-20-6-8-21(9-7-20)36-17-18(16-34)14-24(32-29)10-12-25(13-11-24)23(35)22(31-28)15-26(25,33-30)19-4-2-1-3-5-19/h1-9,16,18,22,28-30H,10-15,17H2. The minimum Gasteiger partial charge on any atom is -0.493 e. The third-order valence-corrected chi connectivity index (χ3v) is 8.04. The van der Waals surface area contributed by atoms with Gasteiger partial charge in [-0.25, -0.2) is 21.0 Å². The number of hydrogen-bond acceptors (Lipinski definition) is 9. The van der Waals surface area contributed by atoms with Crippen LogP contribution in [-0.2, 0) is 15.1 Å². The van der Waals surface area contributed by atoms with Crippen LogP contribution in [0.2, 0.25) is 0 Å². The number of benzene rings is 2. The maximum absolute atomic E-state index is 13.6. The molecule has 2 fully saturated rings. The van der Waals surface area contributed by atoms with Gasteiger partial charge in [-0.3, -0.25) is 4.79 Å². The van der Waals surface area contributed by atoms with Crippen molar-refractivity contribution in [1.82, 2.24) is 0 Å². The maximum Gasteiger partial charge on any atom is 0.168 e. The number of carbonyl (C=O) groups excluding carboxylic acids is 2. The molecule has 10 heteroatoms. The van der Waals surface area contributed by atoms with Gasteiger partial charge in [-0.05, 0) is 61.9 Å². The van der Waals surface area contributed by atoms with Crippen LogP contribution >= 0.6 is 0 Å². The third-order valence-electron chi connectivity index (χ3n) is 8.04. The number of ketones is 1. The zero-order chi connectivity index (χ0) is 25.8. The summed E-state index contributed by atoms with van der Waals surface area (Å²) in [5, 5.41) is 11.5. The highest BCUT2D eigenvalue weighted by molar-refractivity contribution is 5.94. The van der Waals surface area contributed by atoms with Crippen molar-refractivity contribution in [3.63, 3.8) is 0 Å². The van der Waals surface area contributed by atoms with Gasteiger partial charge in [-0.2, -0.15) is 15.3 Å². The minimum atomic E-state index is -1.13. The average molecular weight is 493 g/mol. The van der Waals surface area contributed by atoms with Gasteiger partial charge in [-0.15, -0.1) is 0 Å². The number of nitrogens with one attached hydrogen (secondary N) is 3. The van der Waals surface area contributed by atoms with E-state index >= 15 is 0 Å². The second kappa shape index (κ2) is 10.1. The van der Waals surface area contributed by atoms with E-state index in [0.29, 0.717) is 31.4 Å². The Morgan fingerprint density at radius 3 is 2.22 bits per heavy atom. The molecule has 0 bridgehead atoms. The topological polar surface area (TPSA) is 152 Å². The van der Waals surface area contributed by atoms with Crippen LogP contribution in [0.15, 0.2) is 69.9 Å². The van der Waals surface area contributed by atoms with Crippen molar-refractivity contribution < 1.29 is 18.7 Å². The Balaban J connectivity index is 1.55. The number of halogens is 1. The largest absolute Gasteiger partial charge is 0.493 e.